The number of anilines is 1. The van der Waals surface area contributed by atoms with Crippen LogP contribution in [0.4, 0.5) is 10.3 Å². The fraction of sp³-hybridized carbons (Fsp3) is 0.481. The van der Waals surface area contributed by atoms with Crippen LogP contribution in [0.25, 0.3) is 27.7 Å². The molecule has 1 aliphatic heterocycles. The summed E-state index contributed by atoms with van der Waals surface area (Å²) < 4.78 is 22.3. The first-order valence-electron chi connectivity index (χ1n) is 12.9. The van der Waals surface area contributed by atoms with Crippen molar-refractivity contribution in [2.75, 3.05) is 18.5 Å². The molecular weight excluding hydrogens is 475 g/mol. The summed E-state index contributed by atoms with van der Waals surface area (Å²) in [5.41, 5.74) is 2.29. The molecule has 0 spiro atoms. The van der Waals surface area contributed by atoms with E-state index in [-0.39, 0.29) is 30.2 Å². The van der Waals surface area contributed by atoms with Gasteiger partial charge in [-0.15, -0.1) is 10.2 Å². The number of aliphatic hydroxyl groups excluding tert-OH is 1. The van der Waals surface area contributed by atoms with Gasteiger partial charge in [0.25, 0.3) is 0 Å². The fourth-order valence-electron chi connectivity index (χ4n) is 5.90. The van der Waals surface area contributed by atoms with Gasteiger partial charge in [-0.2, -0.15) is 0 Å². The molecule has 1 aromatic carbocycles. The summed E-state index contributed by atoms with van der Waals surface area (Å²) in [5.74, 6) is -0.200. The minimum Gasteiger partial charge on any atom is -0.389 e. The van der Waals surface area contributed by atoms with E-state index in [1.807, 2.05) is 22.6 Å². The molecule has 2 fully saturated rings. The van der Waals surface area contributed by atoms with Gasteiger partial charge in [0.05, 0.1) is 30.6 Å². The van der Waals surface area contributed by atoms with Crippen molar-refractivity contribution in [3.05, 3.63) is 47.8 Å². The third-order valence-corrected chi connectivity index (χ3v) is 7.70. The zero-order valence-electron chi connectivity index (χ0n) is 21.0. The van der Waals surface area contributed by atoms with E-state index in [1.165, 1.54) is 0 Å². The van der Waals surface area contributed by atoms with Crippen LogP contribution in [0, 0.1) is 5.82 Å². The smallest absolute Gasteiger partial charge is 0.223 e. The van der Waals surface area contributed by atoms with Crippen molar-refractivity contribution in [3.8, 4) is 11.3 Å². The Bertz CT molecular complexity index is 1470. The Hall–Kier alpha value is -3.21. The van der Waals surface area contributed by atoms with Gasteiger partial charge < -0.3 is 20.3 Å². The summed E-state index contributed by atoms with van der Waals surface area (Å²) in [6.07, 6.45) is 6.01. The first-order valence-corrected chi connectivity index (χ1v) is 12.9. The van der Waals surface area contributed by atoms with Gasteiger partial charge in [-0.25, -0.2) is 14.4 Å². The van der Waals surface area contributed by atoms with Gasteiger partial charge in [0.15, 0.2) is 11.5 Å². The highest BCUT2D eigenvalue weighted by molar-refractivity contribution is 5.99. The van der Waals surface area contributed by atoms with Crippen molar-refractivity contribution >= 4 is 22.4 Å². The SMILES string of the molecule is CC(C)c1c(C2(O)CCCC2)n2cnnc2c2ccc(-c3nc(N[C@@H]4CCOC[C@H]4O)ncc3F)cc12. The predicted molar refractivity (Wildman–Crippen MR) is 137 cm³/mol. The van der Waals surface area contributed by atoms with Crippen molar-refractivity contribution in [2.24, 2.45) is 0 Å². The third-order valence-electron chi connectivity index (χ3n) is 7.70. The third kappa shape index (κ3) is 4.13. The Kier molecular flexibility index (Phi) is 6.05. The predicted octanol–water partition coefficient (Wildman–Crippen LogP) is 3.93. The van der Waals surface area contributed by atoms with Crippen molar-refractivity contribution in [1.29, 1.82) is 0 Å². The van der Waals surface area contributed by atoms with Crippen LogP contribution in [0.3, 0.4) is 0 Å². The number of fused-ring (bicyclic) bond motifs is 3. The number of ether oxygens (including phenoxy) is 1. The summed E-state index contributed by atoms with van der Waals surface area (Å²) >= 11 is 0. The molecule has 0 unspecified atom stereocenters. The molecule has 1 aliphatic carbocycles. The molecule has 10 heteroatoms. The van der Waals surface area contributed by atoms with Crippen LogP contribution in [-0.2, 0) is 10.3 Å². The Morgan fingerprint density at radius 2 is 2.03 bits per heavy atom. The molecule has 0 radical (unpaired) electrons. The second-order valence-electron chi connectivity index (χ2n) is 10.5. The number of benzene rings is 1. The molecule has 6 rings (SSSR count). The lowest BCUT2D eigenvalue weighted by atomic mass is 9.85. The largest absolute Gasteiger partial charge is 0.389 e. The van der Waals surface area contributed by atoms with Crippen LogP contribution in [0.5, 0.6) is 0 Å². The van der Waals surface area contributed by atoms with Gasteiger partial charge in [0.1, 0.15) is 17.6 Å². The zero-order chi connectivity index (χ0) is 25.7. The molecule has 2 aliphatic rings. The summed E-state index contributed by atoms with van der Waals surface area (Å²) in [6, 6.07) is 5.40. The number of hydrogen-bond acceptors (Lipinski definition) is 8. The molecule has 3 N–H and O–H groups in total. The average Bonchev–Trinajstić information content (AvgIpc) is 3.55. The normalized spacial score (nSPS) is 21.8. The Balaban J connectivity index is 1.51. The van der Waals surface area contributed by atoms with Crippen molar-refractivity contribution in [2.45, 2.75) is 69.6 Å². The van der Waals surface area contributed by atoms with E-state index in [0.29, 0.717) is 37.1 Å². The maximum absolute atomic E-state index is 15.1. The highest BCUT2D eigenvalue weighted by Gasteiger charge is 2.39. The van der Waals surface area contributed by atoms with Gasteiger partial charge in [0, 0.05) is 17.6 Å². The van der Waals surface area contributed by atoms with Gasteiger partial charge in [0.2, 0.25) is 5.95 Å². The maximum Gasteiger partial charge on any atom is 0.223 e. The molecule has 4 heterocycles. The first kappa shape index (κ1) is 24.1. The molecule has 1 saturated heterocycles. The lowest BCUT2D eigenvalue weighted by molar-refractivity contribution is -0.0136. The minimum absolute atomic E-state index is 0.0895. The molecule has 2 atom stereocenters. The Morgan fingerprint density at radius 3 is 2.78 bits per heavy atom. The summed E-state index contributed by atoms with van der Waals surface area (Å²) in [5, 5.41) is 35.4. The van der Waals surface area contributed by atoms with Gasteiger partial charge >= 0.3 is 0 Å². The van der Waals surface area contributed by atoms with E-state index in [4.69, 9.17) is 4.74 Å². The lowest BCUT2D eigenvalue weighted by Gasteiger charge is -2.29. The molecule has 37 heavy (non-hydrogen) atoms. The van der Waals surface area contributed by atoms with E-state index >= 15 is 4.39 Å². The van der Waals surface area contributed by atoms with Crippen molar-refractivity contribution in [3.63, 3.8) is 0 Å². The monoisotopic (exact) mass is 506 g/mol. The second-order valence-corrected chi connectivity index (χ2v) is 10.5. The van der Waals surface area contributed by atoms with Crippen LogP contribution in [0.2, 0.25) is 0 Å². The molecule has 1 saturated carbocycles. The van der Waals surface area contributed by atoms with Crippen LogP contribution < -0.4 is 5.32 Å². The molecule has 194 valence electrons. The minimum atomic E-state index is -0.966. The summed E-state index contributed by atoms with van der Waals surface area (Å²) in [7, 11) is 0. The number of nitrogens with zero attached hydrogens (tertiary/aromatic N) is 5. The highest BCUT2D eigenvalue weighted by Crippen LogP contribution is 2.45. The molecule has 9 nitrogen and oxygen atoms in total. The van der Waals surface area contributed by atoms with Crippen LogP contribution in [-0.4, -0.2) is 60.1 Å². The van der Waals surface area contributed by atoms with Gasteiger partial charge in [-0.1, -0.05) is 32.8 Å². The molecular formula is C27H31FN6O3. The van der Waals surface area contributed by atoms with E-state index in [9.17, 15) is 10.2 Å². The number of aliphatic hydroxyl groups is 2. The zero-order valence-corrected chi connectivity index (χ0v) is 21.0. The van der Waals surface area contributed by atoms with Gasteiger partial charge in [-0.3, -0.25) is 4.40 Å². The highest BCUT2D eigenvalue weighted by atomic mass is 19.1. The molecule has 4 aromatic rings. The number of nitrogens with one attached hydrogen (secondary N) is 1. The number of hydrogen-bond donors (Lipinski definition) is 3. The van der Waals surface area contributed by atoms with Crippen molar-refractivity contribution < 1.29 is 19.3 Å². The number of pyridine rings is 1. The standard InChI is InChI=1S/C27H31FN6O3/c1-15(2)22-18-11-16(23-19(28)12-29-26(32-23)31-20-7-10-37-13-21(20)35)5-6-17(18)25-33-30-14-34(25)24(22)27(36)8-3-4-9-27/h5-6,11-12,14-15,20-21,35-36H,3-4,7-10,13H2,1-2H3,(H,29,31,32)/t20-,21-/m1/s1. The molecule has 0 amide bonds. The van der Waals surface area contributed by atoms with Crippen LogP contribution >= 0.6 is 0 Å². The van der Waals surface area contributed by atoms with Crippen molar-refractivity contribution in [1.82, 2.24) is 24.6 Å². The fourth-order valence-corrected chi connectivity index (χ4v) is 5.90. The Morgan fingerprint density at radius 1 is 1.22 bits per heavy atom. The van der Waals surface area contributed by atoms with Crippen LogP contribution in [0.1, 0.15) is 63.1 Å². The van der Waals surface area contributed by atoms with E-state index in [0.717, 1.165) is 41.1 Å². The quantitative estimate of drug-likeness (QED) is 0.373. The topological polar surface area (TPSA) is 118 Å². The summed E-state index contributed by atoms with van der Waals surface area (Å²) in [6.45, 7) is 4.97. The lowest BCUT2D eigenvalue weighted by Crippen LogP contribution is -2.42. The van der Waals surface area contributed by atoms with Crippen LogP contribution in [0.15, 0.2) is 30.7 Å². The van der Waals surface area contributed by atoms with E-state index in [2.05, 4.69) is 39.3 Å². The number of rotatable bonds is 5. The molecule has 3 aromatic heterocycles. The maximum atomic E-state index is 15.1. The Labute approximate surface area is 213 Å². The van der Waals surface area contributed by atoms with E-state index in [1.54, 1.807) is 6.33 Å². The second kappa shape index (κ2) is 9.27. The number of aromatic nitrogens is 5. The summed E-state index contributed by atoms with van der Waals surface area (Å²) in [4.78, 5) is 8.59. The first-order chi connectivity index (χ1) is 17.9. The number of halogens is 1. The molecule has 0 bridgehead atoms. The average molecular weight is 507 g/mol. The van der Waals surface area contributed by atoms with E-state index < -0.39 is 17.5 Å². The van der Waals surface area contributed by atoms with Gasteiger partial charge in [-0.05, 0) is 48.3 Å².